The van der Waals surface area contributed by atoms with Crippen molar-refractivity contribution in [2.75, 3.05) is 0 Å². The lowest BCUT2D eigenvalue weighted by Crippen LogP contribution is -2.07. The summed E-state index contributed by atoms with van der Waals surface area (Å²) in [7, 11) is -3.16. The van der Waals surface area contributed by atoms with E-state index in [-0.39, 0.29) is 27.4 Å². The molecule has 25 heavy (non-hydrogen) atoms. The fourth-order valence-electron chi connectivity index (χ4n) is 2.14. The number of ether oxygens (including phenoxy) is 1. The van der Waals surface area contributed by atoms with Crippen molar-refractivity contribution < 1.29 is 27.4 Å². The van der Waals surface area contributed by atoms with Gasteiger partial charge in [0.25, 0.3) is 0 Å². The molecule has 0 saturated carbocycles. The first kappa shape index (κ1) is 19.3. The largest absolute Gasteiger partial charge is 0.455 e. The fourth-order valence-corrected chi connectivity index (χ4v) is 2.98. The Bertz CT molecular complexity index is 878. The van der Waals surface area contributed by atoms with Gasteiger partial charge in [-0.2, -0.15) is 18.4 Å². The van der Waals surface area contributed by atoms with E-state index in [0.717, 1.165) is 18.2 Å². The topological polar surface area (TPSA) is 70.3 Å². The Morgan fingerprint density at radius 1 is 1.28 bits per heavy atom. The van der Waals surface area contributed by atoms with Crippen LogP contribution in [-0.2, 0) is 17.2 Å². The molecule has 4 nitrogen and oxygen atoms in total. The molecule has 0 bridgehead atoms. The molecule has 0 heterocycles. The third-order valence-corrected chi connectivity index (χ3v) is 4.58. The van der Waals surface area contributed by atoms with Crippen LogP contribution in [0.25, 0.3) is 0 Å². The standard InChI is InChI=1S/C16H12ClF3NO3P/c1-2-9-5-10(8-21)15(25(22)23)7-14(9)24-13-4-3-11(6-12(13)17)16(18,19)20/h3-7,25H,2H2,1H3,(H,22,23). The Labute approximate surface area is 147 Å². The molecule has 1 unspecified atom stereocenters. The van der Waals surface area contributed by atoms with E-state index in [1.807, 2.05) is 6.07 Å². The molecule has 0 spiro atoms. The molecule has 0 radical (unpaired) electrons. The molecule has 0 amide bonds. The third kappa shape index (κ3) is 4.35. The Balaban J connectivity index is 2.48. The Morgan fingerprint density at radius 2 is 1.96 bits per heavy atom. The van der Waals surface area contributed by atoms with E-state index in [0.29, 0.717) is 12.0 Å². The van der Waals surface area contributed by atoms with Crippen LogP contribution >= 0.6 is 19.6 Å². The van der Waals surface area contributed by atoms with E-state index in [4.69, 9.17) is 21.6 Å². The maximum absolute atomic E-state index is 12.7. The summed E-state index contributed by atoms with van der Waals surface area (Å²) in [5.74, 6) is 0.128. The van der Waals surface area contributed by atoms with Gasteiger partial charge in [0.1, 0.15) is 11.5 Å². The van der Waals surface area contributed by atoms with Crippen LogP contribution in [0.3, 0.4) is 0 Å². The van der Waals surface area contributed by atoms with Gasteiger partial charge >= 0.3 is 6.18 Å². The SMILES string of the molecule is CCc1cc(C#N)c([PH](=O)O)cc1Oc1ccc(C(F)(F)F)cc1Cl. The normalized spacial score (nSPS) is 12.5. The lowest BCUT2D eigenvalue weighted by atomic mass is 10.1. The van der Waals surface area contributed by atoms with E-state index in [2.05, 4.69) is 0 Å². The van der Waals surface area contributed by atoms with Crippen LogP contribution in [0.1, 0.15) is 23.6 Å². The summed E-state index contributed by atoms with van der Waals surface area (Å²) >= 11 is 5.86. The molecule has 1 atom stereocenters. The van der Waals surface area contributed by atoms with E-state index < -0.39 is 19.8 Å². The smallest absolute Gasteiger partial charge is 0.416 e. The number of alkyl halides is 3. The summed E-state index contributed by atoms with van der Waals surface area (Å²) in [4.78, 5) is 9.36. The van der Waals surface area contributed by atoms with Gasteiger partial charge in [-0.15, -0.1) is 0 Å². The number of nitrogens with zero attached hydrogens (tertiary/aromatic N) is 1. The lowest BCUT2D eigenvalue weighted by Gasteiger charge is -2.15. The molecule has 0 aliphatic rings. The molecule has 2 aromatic carbocycles. The lowest BCUT2D eigenvalue weighted by molar-refractivity contribution is -0.137. The first-order valence-electron chi connectivity index (χ1n) is 7.02. The maximum Gasteiger partial charge on any atom is 0.416 e. The third-order valence-electron chi connectivity index (χ3n) is 3.41. The molecule has 132 valence electrons. The maximum atomic E-state index is 12.7. The summed E-state index contributed by atoms with van der Waals surface area (Å²) in [6, 6.07) is 7.14. The van der Waals surface area contributed by atoms with Crippen molar-refractivity contribution in [3.8, 4) is 17.6 Å². The highest BCUT2D eigenvalue weighted by atomic mass is 35.5. The second-order valence-electron chi connectivity index (χ2n) is 5.02. The number of aryl methyl sites for hydroxylation is 1. The van der Waals surface area contributed by atoms with Crippen LogP contribution < -0.4 is 10.0 Å². The van der Waals surface area contributed by atoms with Crippen molar-refractivity contribution in [3.63, 3.8) is 0 Å². The number of nitriles is 1. The minimum Gasteiger partial charge on any atom is -0.455 e. The quantitative estimate of drug-likeness (QED) is 0.771. The van der Waals surface area contributed by atoms with Crippen LogP contribution in [0.4, 0.5) is 13.2 Å². The van der Waals surface area contributed by atoms with Gasteiger partial charge in [0, 0.05) is 0 Å². The highest BCUT2D eigenvalue weighted by Gasteiger charge is 2.31. The Hall–Kier alpha value is -2.00. The summed E-state index contributed by atoms with van der Waals surface area (Å²) in [5.41, 5.74) is -0.310. The number of rotatable bonds is 4. The monoisotopic (exact) mass is 389 g/mol. The zero-order chi connectivity index (χ0) is 18.8. The van der Waals surface area contributed by atoms with Gasteiger partial charge in [-0.1, -0.05) is 18.5 Å². The predicted octanol–water partition coefficient (Wildman–Crippen LogP) is 4.68. The van der Waals surface area contributed by atoms with Gasteiger partial charge in [0.05, 0.1) is 27.5 Å². The van der Waals surface area contributed by atoms with Gasteiger partial charge in [-0.25, -0.2) is 0 Å². The molecule has 0 saturated heterocycles. The van der Waals surface area contributed by atoms with Gasteiger partial charge in [-0.05, 0) is 42.3 Å². The van der Waals surface area contributed by atoms with Crippen LogP contribution in [-0.4, -0.2) is 4.89 Å². The van der Waals surface area contributed by atoms with Crippen LogP contribution in [0.5, 0.6) is 11.5 Å². The molecule has 2 aromatic rings. The van der Waals surface area contributed by atoms with Gasteiger partial charge in [0.15, 0.2) is 0 Å². The Kier molecular flexibility index (Phi) is 5.79. The zero-order valence-electron chi connectivity index (χ0n) is 12.8. The van der Waals surface area contributed by atoms with E-state index >= 15 is 0 Å². The van der Waals surface area contributed by atoms with E-state index in [9.17, 15) is 22.6 Å². The predicted molar refractivity (Wildman–Crippen MR) is 87.9 cm³/mol. The number of hydrogen-bond acceptors (Lipinski definition) is 3. The first-order valence-corrected chi connectivity index (χ1v) is 8.75. The minimum absolute atomic E-state index is 0.0300. The van der Waals surface area contributed by atoms with E-state index in [1.54, 1.807) is 6.92 Å². The summed E-state index contributed by atoms with van der Waals surface area (Å²) in [6.45, 7) is 1.78. The molecule has 0 aliphatic carbocycles. The van der Waals surface area contributed by atoms with Gasteiger partial charge < -0.3 is 9.63 Å². The number of halogens is 4. The molecular formula is C16H12ClF3NO3P. The zero-order valence-corrected chi connectivity index (χ0v) is 14.6. The molecule has 0 aromatic heterocycles. The molecule has 0 fully saturated rings. The van der Waals surface area contributed by atoms with E-state index in [1.165, 1.54) is 12.1 Å². The Morgan fingerprint density at radius 3 is 2.44 bits per heavy atom. The molecule has 0 aliphatic heterocycles. The second kappa shape index (κ2) is 7.49. The number of hydrogen-bond donors (Lipinski definition) is 1. The number of benzene rings is 2. The summed E-state index contributed by atoms with van der Waals surface area (Å²) in [5, 5.41) is 8.74. The van der Waals surface area contributed by atoms with Gasteiger partial charge in [-0.3, -0.25) is 4.57 Å². The highest BCUT2D eigenvalue weighted by Crippen LogP contribution is 2.37. The van der Waals surface area contributed by atoms with Crippen molar-refractivity contribution in [2.45, 2.75) is 19.5 Å². The highest BCUT2D eigenvalue weighted by molar-refractivity contribution is 7.47. The van der Waals surface area contributed by atoms with Crippen molar-refractivity contribution in [3.05, 3.63) is 52.0 Å². The van der Waals surface area contributed by atoms with Crippen molar-refractivity contribution in [1.29, 1.82) is 5.26 Å². The first-order chi connectivity index (χ1) is 11.7. The molecular weight excluding hydrogens is 378 g/mol. The van der Waals surface area contributed by atoms with Crippen LogP contribution in [0.2, 0.25) is 5.02 Å². The summed E-state index contributed by atoms with van der Waals surface area (Å²) < 4.78 is 55.0. The van der Waals surface area contributed by atoms with Crippen molar-refractivity contribution in [1.82, 2.24) is 0 Å². The van der Waals surface area contributed by atoms with Crippen LogP contribution in [0.15, 0.2) is 30.3 Å². The van der Waals surface area contributed by atoms with Gasteiger partial charge in [0.2, 0.25) is 8.03 Å². The second-order valence-corrected chi connectivity index (χ2v) is 6.58. The van der Waals surface area contributed by atoms with Crippen LogP contribution in [0, 0.1) is 11.3 Å². The minimum atomic E-state index is -4.53. The molecule has 1 N–H and O–H groups in total. The van der Waals surface area contributed by atoms with Crippen molar-refractivity contribution >= 4 is 24.9 Å². The average Bonchev–Trinajstić information content (AvgIpc) is 2.55. The van der Waals surface area contributed by atoms with Crippen molar-refractivity contribution in [2.24, 2.45) is 0 Å². The molecule has 2 rings (SSSR count). The molecule has 9 heteroatoms. The average molecular weight is 390 g/mol. The fraction of sp³-hybridized carbons (Fsp3) is 0.188. The summed E-state index contributed by atoms with van der Waals surface area (Å²) in [6.07, 6.45) is -4.09.